The predicted octanol–water partition coefficient (Wildman–Crippen LogP) is 4.58. The summed E-state index contributed by atoms with van der Waals surface area (Å²) in [5.74, 6) is -1.07. The number of aromatic nitrogens is 3. The third-order valence-electron chi connectivity index (χ3n) is 9.81. The monoisotopic (exact) mass is 596 g/mol. The molecule has 0 amide bonds. The van der Waals surface area contributed by atoms with Crippen LogP contribution in [0.15, 0.2) is 0 Å². The Balaban J connectivity index is 1.71. The van der Waals surface area contributed by atoms with Crippen LogP contribution in [-0.4, -0.2) is 59.6 Å². The summed E-state index contributed by atoms with van der Waals surface area (Å²) in [6, 6.07) is 0.103. The van der Waals surface area contributed by atoms with Gasteiger partial charge < -0.3 is 35.4 Å². The molecule has 10 heteroatoms. The SMILES string of the molecule is CCc1c(O)[nH]c(Cc2[nH]c(Cc3[nH]c(C[C@@H]4N[C@@H](O)[C@H](C)[C@H]4CC)c(C)c3CCC(=O)O)c(CCC(=O)O)c2C)c1C. The van der Waals surface area contributed by atoms with Crippen molar-refractivity contribution in [2.75, 3.05) is 0 Å². The molecule has 4 rings (SSSR count). The summed E-state index contributed by atoms with van der Waals surface area (Å²) in [6.07, 6.45) is 3.61. The molecule has 1 saturated heterocycles. The Morgan fingerprint density at radius 1 is 0.744 bits per heavy atom. The van der Waals surface area contributed by atoms with E-state index in [4.69, 9.17) is 0 Å². The normalized spacial score (nSPS) is 20.3. The first-order valence-electron chi connectivity index (χ1n) is 15.5. The van der Waals surface area contributed by atoms with E-state index in [1.54, 1.807) is 0 Å². The lowest BCUT2D eigenvalue weighted by molar-refractivity contribution is -0.138. The van der Waals surface area contributed by atoms with Crippen LogP contribution in [-0.2, 0) is 48.1 Å². The van der Waals surface area contributed by atoms with Crippen molar-refractivity contribution in [2.24, 2.45) is 11.8 Å². The number of aromatic hydroxyl groups is 1. The maximum Gasteiger partial charge on any atom is 0.303 e. The second-order valence-electron chi connectivity index (χ2n) is 12.3. The Morgan fingerprint density at radius 3 is 1.74 bits per heavy atom. The van der Waals surface area contributed by atoms with Gasteiger partial charge in [-0.1, -0.05) is 27.2 Å². The molecule has 0 radical (unpaired) electrons. The lowest BCUT2D eigenvalue weighted by Gasteiger charge is -2.20. The van der Waals surface area contributed by atoms with E-state index in [0.717, 1.165) is 68.3 Å². The van der Waals surface area contributed by atoms with E-state index in [9.17, 15) is 30.0 Å². The highest BCUT2D eigenvalue weighted by molar-refractivity contribution is 5.68. The summed E-state index contributed by atoms with van der Waals surface area (Å²) in [5.41, 5.74) is 10.7. The molecule has 0 aliphatic carbocycles. The standard InChI is InChI=1S/C33H48N4O6/c1-7-20-19(6)32(42)37-27(20)14-25-18(5)23(10-12-31(40)41)29(35-25)15-28-22(9-11-30(38)39)17(4)24(34-28)13-26-16(3)21(8-2)33(43)36-26/h19-20,27,32,34-37,42-43H,7-15H2,1-6H3,(H,38,39)(H,40,41)/t19-,20-,27+,32+/m1/s1. The highest BCUT2D eigenvalue weighted by Gasteiger charge is 2.38. The minimum atomic E-state index is -0.864. The molecular formula is C33H48N4O6. The Hall–Kier alpha value is -3.50. The lowest BCUT2D eigenvalue weighted by Crippen LogP contribution is -2.33. The van der Waals surface area contributed by atoms with Crippen molar-refractivity contribution in [3.63, 3.8) is 0 Å². The van der Waals surface area contributed by atoms with Gasteiger partial charge in [-0.3, -0.25) is 14.9 Å². The second-order valence-corrected chi connectivity index (χ2v) is 12.3. The third kappa shape index (κ3) is 6.86. The van der Waals surface area contributed by atoms with Crippen molar-refractivity contribution in [3.05, 3.63) is 61.9 Å². The average molecular weight is 597 g/mol. The zero-order chi connectivity index (χ0) is 31.6. The number of aliphatic hydroxyl groups excluding tert-OH is 1. The fourth-order valence-corrected chi connectivity index (χ4v) is 7.16. The number of carboxylic acids is 2. The number of carbonyl (C=O) groups is 2. The van der Waals surface area contributed by atoms with Gasteiger partial charge in [-0.15, -0.1) is 0 Å². The van der Waals surface area contributed by atoms with Crippen LogP contribution in [0.4, 0.5) is 0 Å². The summed E-state index contributed by atoms with van der Waals surface area (Å²) in [7, 11) is 0. The maximum atomic E-state index is 11.6. The summed E-state index contributed by atoms with van der Waals surface area (Å²) in [6.45, 7) is 12.2. The molecule has 3 aromatic rings. The Morgan fingerprint density at radius 2 is 1.23 bits per heavy atom. The quantitative estimate of drug-likeness (QED) is 0.134. The molecule has 8 N–H and O–H groups in total. The molecule has 1 aliphatic rings. The van der Waals surface area contributed by atoms with E-state index >= 15 is 0 Å². The van der Waals surface area contributed by atoms with Gasteiger partial charge in [0.1, 0.15) is 6.23 Å². The van der Waals surface area contributed by atoms with Gasteiger partial charge in [-0.05, 0) is 79.7 Å². The summed E-state index contributed by atoms with van der Waals surface area (Å²) in [5, 5.41) is 43.2. The minimum absolute atomic E-state index is 0.000571. The highest BCUT2D eigenvalue weighted by Crippen LogP contribution is 2.34. The van der Waals surface area contributed by atoms with E-state index in [2.05, 4.69) is 34.1 Å². The molecule has 3 aromatic heterocycles. The molecular weight excluding hydrogens is 548 g/mol. The molecule has 0 bridgehead atoms. The molecule has 0 saturated carbocycles. The van der Waals surface area contributed by atoms with Crippen LogP contribution in [0.2, 0.25) is 0 Å². The van der Waals surface area contributed by atoms with Crippen LogP contribution in [0.25, 0.3) is 0 Å². The molecule has 0 spiro atoms. The van der Waals surface area contributed by atoms with Gasteiger partial charge in [0, 0.05) is 72.2 Å². The number of hydrogen-bond acceptors (Lipinski definition) is 5. The van der Waals surface area contributed by atoms with Gasteiger partial charge in [0.25, 0.3) is 0 Å². The molecule has 1 fully saturated rings. The van der Waals surface area contributed by atoms with Gasteiger partial charge in [-0.2, -0.15) is 0 Å². The Kier molecular flexibility index (Phi) is 10.1. The van der Waals surface area contributed by atoms with Crippen LogP contribution < -0.4 is 5.32 Å². The number of H-pyrrole nitrogens is 3. The largest absolute Gasteiger partial charge is 0.494 e. The van der Waals surface area contributed by atoms with Crippen molar-refractivity contribution in [3.8, 4) is 5.88 Å². The molecule has 4 heterocycles. The lowest BCUT2D eigenvalue weighted by atomic mass is 9.86. The summed E-state index contributed by atoms with van der Waals surface area (Å²) >= 11 is 0. The molecule has 0 unspecified atom stereocenters. The van der Waals surface area contributed by atoms with Crippen molar-refractivity contribution in [1.82, 2.24) is 20.3 Å². The Labute approximate surface area is 253 Å². The average Bonchev–Trinajstić information content (AvgIpc) is 3.59. The van der Waals surface area contributed by atoms with Crippen LogP contribution in [0.3, 0.4) is 0 Å². The smallest absolute Gasteiger partial charge is 0.303 e. The van der Waals surface area contributed by atoms with Gasteiger partial charge in [0.05, 0.1) is 0 Å². The molecule has 1 aliphatic heterocycles. The number of aromatic amines is 3. The number of aliphatic hydroxyl groups is 1. The second kappa shape index (κ2) is 13.4. The van der Waals surface area contributed by atoms with Gasteiger partial charge in [-0.25, -0.2) is 0 Å². The highest BCUT2D eigenvalue weighted by atomic mass is 16.4. The zero-order valence-electron chi connectivity index (χ0n) is 26.3. The van der Waals surface area contributed by atoms with Crippen molar-refractivity contribution in [2.45, 2.75) is 112 Å². The molecule has 43 heavy (non-hydrogen) atoms. The van der Waals surface area contributed by atoms with Gasteiger partial charge in [0.2, 0.25) is 0 Å². The number of nitrogens with one attached hydrogen (secondary N) is 4. The number of carboxylic acid groups (broad SMARTS) is 2. The summed E-state index contributed by atoms with van der Waals surface area (Å²) < 4.78 is 0. The van der Waals surface area contributed by atoms with Crippen LogP contribution in [0, 0.1) is 32.6 Å². The molecule has 10 nitrogen and oxygen atoms in total. The van der Waals surface area contributed by atoms with E-state index < -0.39 is 18.2 Å². The predicted molar refractivity (Wildman–Crippen MR) is 165 cm³/mol. The third-order valence-corrected chi connectivity index (χ3v) is 9.81. The van der Waals surface area contributed by atoms with Crippen molar-refractivity contribution >= 4 is 11.9 Å². The first kappa shape index (κ1) is 32.4. The number of aliphatic carboxylic acids is 2. The first-order valence-corrected chi connectivity index (χ1v) is 15.5. The fourth-order valence-electron chi connectivity index (χ4n) is 7.16. The fraction of sp³-hybridized carbons (Fsp3) is 0.576. The van der Waals surface area contributed by atoms with Crippen LogP contribution in [0.5, 0.6) is 5.88 Å². The first-order chi connectivity index (χ1) is 20.4. The maximum absolute atomic E-state index is 11.6. The van der Waals surface area contributed by atoms with E-state index in [1.165, 1.54) is 0 Å². The zero-order valence-corrected chi connectivity index (χ0v) is 26.3. The molecule has 0 aromatic carbocycles. The van der Waals surface area contributed by atoms with Gasteiger partial charge >= 0.3 is 11.9 Å². The Bertz CT molecular complexity index is 1460. The van der Waals surface area contributed by atoms with E-state index in [1.807, 2.05) is 27.7 Å². The van der Waals surface area contributed by atoms with Crippen LogP contribution in [0.1, 0.15) is 102 Å². The van der Waals surface area contributed by atoms with Crippen molar-refractivity contribution in [1.29, 1.82) is 0 Å². The number of hydrogen-bond donors (Lipinski definition) is 8. The van der Waals surface area contributed by atoms with Crippen LogP contribution >= 0.6 is 0 Å². The number of rotatable bonds is 14. The minimum Gasteiger partial charge on any atom is -0.494 e. The van der Waals surface area contributed by atoms with E-state index in [-0.39, 0.29) is 30.7 Å². The summed E-state index contributed by atoms with van der Waals surface area (Å²) in [4.78, 5) is 33.5. The topological polar surface area (TPSA) is 174 Å². The van der Waals surface area contributed by atoms with Crippen molar-refractivity contribution < 1.29 is 30.0 Å². The van der Waals surface area contributed by atoms with E-state index in [0.29, 0.717) is 44.4 Å². The molecule has 4 atom stereocenters. The van der Waals surface area contributed by atoms with Gasteiger partial charge in [0.15, 0.2) is 5.88 Å². The molecule has 236 valence electrons.